The molecule has 0 aromatic carbocycles. The fourth-order valence-corrected chi connectivity index (χ4v) is 3.97. The molecule has 5 heteroatoms. The second-order valence-electron chi connectivity index (χ2n) is 5.92. The lowest BCUT2D eigenvalue weighted by molar-refractivity contribution is 0.226. The van der Waals surface area contributed by atoms with Gasteiger partial charge in [0, 0.05) is 11.3 Å². The second kappa shape index (κ2) is 3.67. The van der Waals surface area contributed by atoms with Gasteiger partial charge < -0.3 is 0 Å². The van der Waals surface area contributed by atoms with E-state index in [4.69, 9.17) is 5.26 Å². The van der Waals surface area contributed by atoms with Crippen LogP contribution >= 0.6 is 11.8 Å². The highest BCUT2D eigenvalue weighted by Crippen LogP contribution is 2.66. The molecule has 0 spiro atoms. The number of nitrogens with zero attached hydrogens (tertiary/aromatic N) is 4. The van der Waals surface area contributed by atoms with Gasteiger partial charge in [0.1, 0.15) is 0 Å². The highest BCUT2D eigenvalue weighted by molar-refractivity contribution is 7.99. The van der Waals surface area contributed by atoms with Gasteiger partial charge in [-0.05, 0) is 18.3 Å². The minimum atomic E-state index is 0.116. The summed E-state index contributed by atoms with van der Waals surface area (Å²) in [6.07, 6.45) is 2.37. The summed E-state index contributed by atoms with van der Waals surface area (Å²) in [6.45, 7) is 6.93. The van der Waals surface area contributed by atoms with E-state index in [1.54, 1.807) is 0 Å². The van der Waals surface area contributed by atoms with Crippen molar-refractivity contribution in [3.8, 4) is 6.07 Å². The van der Waals surface area contributed by atoms with Crippen molar-refractivity contribution in [3.63, 3.8) is 0 Å². The van der Waals surface area contributed by atoms with Crippen LogP contribution < -0.4 is 0 Å². The van der Waals surface area contributed by atoms with E-state index < -0.39 is 0 Å². The average molecular weight is 260 g/mol. The normalized spacial score (nSPS) is 31.1. The summed E-state index contributed by atoms with van der Waals surface area (Å²) in [7, 11) is 0. The van der Waals surface area contributed by atoms with Crippen molar-refractivity contribution < 1.29 is 0 Å². The molecule has 1 aromatic rings. The van der Waals surface area contributed by atoms with Gasteiger partial charge in [-0.2, -0.15) is 10.4 Å². The summed E-state index contributed by atoms with van der Waals surface area (Å²) in [5, 5.41) is 17.8. The first-order valence-corrected chi connectivity index (χ1v) is 7.24. The van der Waals surface area contributed by atoms with E-state index in [1.807, 2.05) is 0 Å². The van der Waals surface area contributed by atoms with Crippen molar-refractivity contribution in [1.29, 1.82) is 5.26 Å². The van der Waals surface area contributed by atoms with Gasteiger partial charge in [-0.25, -0.2) is 4.98 Å². The van der Waals surface area contributed by atoms with Gasteiger partial charge >= 0.3 is 0 Å². The van der Waals surface area contributed by atoms with Crippen LogP contribution in [-0.4, -0.2) is 20.9 Å². The van der Waals surface area contributed by atoms with Gasteiger partial charge in [-0.1, -0.05) is 32.5 Å². The SMILES string of the molecule is CC12CCC(c3nnc(SCC#N)nc31)C2(C)C. The highest BCUT2D eigenvalue weighted by Gasteiger charge is 2.61. The number of hydrogen-bond donors (Lipinski definition) is 0. The fourth-order valence-electron chi connectivity index (χ4n) is 3.52. The third-order valence-electron chi connectivity index (χ3n) is 5.04. The van der Waals surface area contributed by atoms with Crippen LogP contribution in [0.5, 0.6) is 0 Å². The van der Waals surface area contributed by atoms with E-state index in [1.165, 1.54) is 24.6 Å². The molecule has 1 heterocycles. The molecule has 2 unspecified atom stereocenters. The van der Waals surface area contributed by atoms with Crippen molar-refractivity contribution in [3.05, 3.63) is 11.4 Å². The molecule has 0 aliphatic heterocycles. The maximum Gasteiger partial charge on any atom is 0.210 e. The van der Waals surface area contributed by atoms with E-state index >= 15 is 0 Å². The van der Waals surface area contributed by atoms with E-state index in [0.717, 1.165) is 11.4 Å². The first-order chi connectivity index (χ1) is 8.50. The first-order valence-electron chi connectivity index (χ1n) is 6.25. The van der Waals surface area contributed by atoms with Crippen molar-refractivity contribution in [2.24, 2.45) is 5.41 Å². The van der Waals surface area contributed by atoms with Crippen LogP contribution in [0.2, 0.25) is 0 Å². The third kappa shape index (κ3) is 1.30. The average Bonchev–Trinajstić information content (AvgIpc) is 2.67. The molecule has 94 valence electrons. The summed E-state index contributed by atoms with van der Waals surface area (Å²) >= 11 is 1.37. The highest BCUT2D eigenvalue weighted by atomic mass is 32.2. The summed E-state index contributed by atoms with van der Waals surface area (Å²) in [4.78, 5) is 4.68. The number of thioether (sulfide) groups is 1. The maximum absolute atomic E-state index is 8.61. The molecule has 0 radical (unpaired) electrons. The maximum atomic E-state index is 8.61. The zero-order valence-electron chi connectivity index (χ0n) is 10.9. The molecule has 2 bridgehead atoms. The lowest BCUT2D eigenvalue weighted by Crippen LogP contribution is -2.32. The van der Waals surface area contributed by atoms with Crippen molar-refractivity contribution in [1.82, 2.24) is 15.2 Å². The monoisotopic (exact) mass is 260 g/mol. The standard InChI is InChI=1S/C13H16N4S/c1-12(2)8-4-5-13(12,3)10-9(8)16-17-11(15-10)18-7-6-14/h8H,4-5,7H2,1-3H3. The summed E-state index contributed by atoms with van der Waals surface area (Å²) in [5.74, 6) is 0.872. The van der Waals surface area contributed by atoms with Gasteiger partial charge in [-0.3, -0.25) is 0 Å². The molecule has 0 amide bonds. The molecule has 3 rings (SSSR count). The van der Waals surface area contributed by atoms with Gasteiger partial charge in [0.25, 0.3) is 0 Å². The quantitative estimate of drug-likeness (QED) is 0.765. The van der Waals surface area contributed by atoms with E-state index in [2.05, 4.69) is 42.0 Å². The molecule has 2 atom stereocenters. The van der Waals surface area contributed by atoms with E-state index in [9.17, 15) is 0 Å². The molecule has 18 heavy (non-hydrogen) atoms. The van der Waals surface area contributed by atoms with Crippen LogP contribution in [0.3, 0.4) is 0 Å². The Morgan fingerprint density at radius 1 is 1.39 bits per heavy atom. The van der Waals surface area contributed by atoms with E-state index in [-0.39, 0.29) is 10.8 Å². The van der Waals surface area contributed by atoms with Gasteiger partial charge in [-0.15, -0.1) is 5.10 Å². The Labute approximate surface area is 111 Å². The Kier molecular flexibility index (Phi) is 2.43. The predicted octanol–water partition coefficient (Wildman–Crippen LogP) is 2.66. The fraction of sp³-hybridized carbons (Fsp3) is 0.692. The summed E-state index contributed by atoms with van der Waals surface area (Å²) < 4.78 is 0. The van der Waals surface area contributed by atoms with Crippen molar-refractivity contribution in [2.75, 3.05) is 5.75 Å². The Bertz CT molecular complexity index is 548. The van der Waals surface area contributed by atoms with Gasteiger partial charge in [0.15, 0.2) is 0 Å². The molecule has 0 saturated heterocycles. The Hall–Kier alpha value is -1.15. The van der Waals surface area contributed by atoms with Crippen LogP contribution in [0.15, 0.2) is 5.16 Å². The molecule has 1 saturated carbocycles. The number of fused-ring (bicyclic) bond motifs is 5. The van der Waals surface area contributed by atoms with Crippen molar-refractivity contribution in [2.45, 2.75) is 50.1 Å². The zero-order chi connectivity index (χ0) is 13.0. The smallest absolute Gasteiger partial charge is 0.210 e. The van der Waals surface area contributed by atoms with Gasteiger partial charge in [0.2, 0.25) is 5.16 Å². The molecular formula is C13H16N4S. The number of hydrogen-bond acceptors (Lipinski definition) is 5. The number of nitriles is 1. The van der Waals surface area contributed by atoms with Crippen LogP contribution in [0, 0.1) is 16.7 Å². The third-order valence-corrected chi connectivity index (χ3v) is 5.74. The summed E-state index contributed by atoms with van der Waals surface area (Å²) in [5.41, 5.74) is 2.55. The van der Waals surface area contributed by atoms with Crippen LogP contribution in [0.25, 0.3) is 0 Å². The lowest BCUT2D eigenvalue weighted by atomic mass is 9.70. The molecule has 2 aliphatic carbocycles. The molecule has 2 aliphatic rings. The minimum Gasteiger partial charge on any atom is -0.224 e. The molecule has 4 nitrogen and oxygen atoms in total. The summed E-state index contributed by atoms with van der Waals surface area (Å²) in [6, 6.07) is 2.10. The number of rotatable bonds is 2. The van der Waals surface area contributed by atoms with Crippen LogP contribution in [0.1, 0.15) is 50.9 Å². The second-order valence-corrected chi connectivity index (χ2v) is 6.86. The van der Waals surface area contributed by atoms with Crippen LogP contribution in [-0.2, 0) is 5.41 Å². The minimum absolute atomic E-state index is 0.116. The zero-order valence-corrected chi connectivity index (χ0v) is 11.7. The van der Waals surface area contributed by atoms with Gasteiger partial charge in [0.05, 0.1) is 23.2 Å². The van der Waals surface area contributed by atoms with Crippen LogP contribution in [0.4, 0.5) is 0 Å². The number of aromatic nitrogens is 3. The largest absolute Gasteiger partial charge is 0.224 e. The first kappa shape index (κ1) is 11.9. The molecular weight excluding hydrogens is 244 g/mol. The predicted molar refractivity (Wildman–Crippen MR) is 69.3 cm³/mol. The van der Waals surface area contributed by atoms with Crippen molar-refractivity contribution >= 4 is 11.8 Å². The molecule has 1 fully saturated rings. The Morgan fingerprint density at radius 2 is 2.17 bits per heavy atom. The van der Waals surface area contributed by atoms with E-state index in [0.29, 0.717) is 16.8 Å². The molecule has 0 N–H and O–H groups in total. The Morgan fingerprint density at radius 3 is 2.89 bits per heavy atom. The Balaban J connectivity index is 2.06. The topological polar surface area (TPSA) is 62.5 Å². The lowest BCUT2D eigenvalue weighted by Gasteiger charge is -2.33. The molecule has 1 aromatic heterocycles.